The minimum Gasteiger partial charge on any atom is -0.380 e. The van der Waals surface area contributed by atoms with Gasteiger partial charge in [0.15, 0.2) is 0 Å². The summed E-state index contributed by atoms with van der Waals surface area (Å²) in [5.74, 6) is 0. The molecule has 0 saturated carbocycles. The molecular weight excluding hydrogens is 347 g/mol. The first-order valence-electron chi connectivity index (χ1n) is 7.21. The van der Waals surface area contributed by atoms with Gasteiger partial charge in [0.05, 0.1) is 11.5 Å². The zero-order valence-electron chi connectivity index (χ0n) is 14.3. The van der Waals surface area contributed by atoms with Gasteiger partial charge in [-0.1, -0.05) is 35.9 Å². The molecule has 2 aromatic rings. The third kappa shape index (κ3) is 6.97. The van der Waals surface area contributed by atoms with Crippen LogP contribution in [0.1, 0.15) is 11.1 Å². The molecule has 0 radical (unpaired) electrons. The van der Waals surface area contributed by atoms with Gasteiger partial charge < -0.3 is 9.30 Å². The minimum atomic E-state index is -4.02. The van der Waals surface area contributed by atoms with Crippen molar-refractivity contribution < 1.29 is 22.3 Å². The van der Waals surface area contributed by atoms with Crippen LogP contribution in [0.4, 0.5) is 0 Å². The maximum Gasteiger partial charge on any atom is 0.294 e. The Morgan fingerprint density at radius 1 is 1.08 bits per heavy atom. The fourth-order valence-electron chi connectivity index (χ4n) is 1.86. The third-order valence-electron chi connectivity index (χ3n) is 3.16. The summed E-state index contributed by atoms with van der Waals surface area (Å²) in [7, 11) is -4.49. The van der Waals surface area contributed by atoms with E-state index in [2.05, 4.69) is 0 Å². The van der Waals surface area contributed by atoms with Gasteiger partial charge in [0.2, 0.25) is 0 Å². The Balaban J connectivity index is 0.000000243. The molecule has 0 spiro atoms. The van der Waals surface area contributed by atoms with Crippen molar-refractivity contribution in [3.05, 3.63) is 59.7 Å². The monoisotopic (exact) mass is 370 g/mol. The van der Waals surface area contributed by atoms with Crippen molar-refractivity contribution in [2.24, 2.45) is 0 Å². The van der Waals surface area contributed by atoms with Gasteiger partial charge in [-0.2, -0.15) is 8.42 Å². The molecule has 132 valence electrons. The van der Waals surface area contributed by atoms with Crippen molar-refractivity contribution in [3.63, 3.8) is 0 Å². The van der Waals surface area contributed by atoms with Crippen LogP contribution in [0, 0.1) is 6.92 Å². The topological polar surface area (TPSA) is 80.7 Å². The van der Waals surface area contributed by atoms with Crippen LogP contribution in [-0.2, 0) is 26.0 Å². The van der Waals surface area contributed by atoms with Crippen molar-refractivity contribution in [3.8, 4) is 0 Å². The van der Waals surface area contributed by atoms with Crippen molar-refractivity contribution in [1.82, 2.24) is 0 Å². The van der Waals surface area contributed by atoms with Crippen LogP contribution in [0.3, 0.4) is 0 Å². The molecule has 0 fully saturated rings. The second kappa shape index (κ2) is 8.58. The minimum absolute atomic E-state index is 0.0666. The molecule has 0 aliphatic rings. The van der Waals surface area contributed by atoms with E-state index in [0.29, 0.717) is 6.61 Å². The predicted octanol–water partition coefficient (Wildman–Crippen LogP) is 3.32. The molecular formula is C17H23O5PS. The highest BCUT2D eigenvalue weighted by Gasteiger charge is 2.10. The summed E-state index contributed by atoms with van der Waals surface area (Å²) in [6.07, 6.45) is 0. The molecule has 0 unspecified atom stereocenters. The van der Waals surface area contributed by atoms with E-state index in [4.69, 9.17) is 9.29 Å². The Morgan fingerprint density at radius 2 is 1.67 bits per heavy atom. The summed E-state index contributed by atoms with van der Waals surface area (Å²) >= 11 is 0. The lowest BCUT2D eigenvalue weighted by Crippen LogP contribution is -2.04. The van der Waals surface area contributed by atoms with Crippen LogP contribution in [-0.4, -0.2) is 33.4 Å². The maximum atomic E-state index is 11.7. The van der Waals surface area contributed by atoms with Crippen molar-refractivity contribution in [1.29, 1.82) is 0 Å². The van der Waals surface area contributed by atoms with Gasteiger partial charge in [0.25, 0.3) is 10.1 Å². The molecule has 0 aromatic heterocycles. The van der Waals surface area contributed by atoms with Crippen molar-refractivity contribution in [2.45, 2.75) is 18.4 Å². The predicted molar refractivity (Wildman–Crippen MR) is 97.2 cm³/mol. The highest BCUT2D eigenvalue weighted by Crippen LogP contribution is 2.34. The second-order valence-corrected chi connectivity index (χ2v) is 10.4. The van der Waals surface area contributed by atoms with Crippen LogP contribution < -0.4 is 5.30 Å². The molecule has 5 nitrogen and oxygen atoms in total. The highest BCUT2D eigenvalue weighted by molar-refractivity contribution is 7.85. The number of benzene rings is 2. The summed E-state index contributed by atoms with van der Waals surface area (Å²) < 4.78 is 46.3. The third-order valence-corrected chi connectivity index (χ3v) is 5.55. The lowest BCUT2D eigenvalue weighted by Gasteiger charge is -2.08. The first-order chi connectivity index (χ1) is 11.0. The Morgan fingerprint density at radius 3 is 2.12 bits per heavy atom. The Bertz CT molecular complexity index is 807. The average Bonchev–Trinajstić information content (AvgIpc) is 2.47. The van der Waals surface area contributed by atoms with E-state index < -0.39 is 17.3 Å². The van der Waals surface area contributed by atoms with Gasteiger partial charge >= 0.3 is 0 Å². The van der Waals surface area contributed by atoms with Gasteiger partial charge in [-0.25, -0.2) is 0 Å². The van der Waals surface area contributed by atoms with Gasteiger partial charge in [-0.3, -0.25) is 4.55 Å². The molecule has 0 aliphatic heterocycles. The zero-order chi connectivity index (χ0) is 18.4. The molecule has 0 atom stereocenters. The largest absolute Gasteiger partial charge is 0.380 e. The van der Waals surface area contributed by atoms with E-state index in [1.54, 1.807) is 32.6 Å². The number of methoxy groups -OCH3 is 1. The van der Waals surface area contributed by atoms with Crippen molar-refractivity contribution >= 4 is 22.6 Å². The van der Waals surface area contributed by atoms with E-state index in [-0.39, 0.29) is 4.90 Å². The molecule has 0 heterocycles. The smallest absolute Gasteiger partial charge is 0.294 e. The fourth-order valence-corrected chi connectivity index (χ4v) is 3.26. The summed E-state index contributed by atoms with van der Waals surface area (Å²) in [5, 5.41) is 0.919. The van der Waals surface area contributed by atoms with E-state index >= 15 is 0 Å². The van der Waals surface area contributed by atoms with E-state index in [9.17, 15) is 13.0 Å². The fraction of sp³-hybridized carbons (Fsp3) is 0.294. The van der Waals surface area contributed by atoms with Gasteiger partial charge in [-0.15, -0.1) is 0 Å². The number of rotatable bonds is 4. The first-order valence-corrected chi connectivity index (χ1v) is 11.3. The summed E-state index contributed by atoms with van der Waals surface area (Å²) in [6.45, 7) is 5.97. The van der Waals surface area contributed by atoms with Crippen LogP contribution in [0.15, 0.2) is 53.4 Å². The number of ether oxygens (including phenoxy) is 1. The van der Waals surface area contributed by atoms with Crippen LogP contribution in [0.5, 0.6) is 0 Å². The first kappa shape index (κ1) is 20.6. The second-order valence-electron chi connectivity index (χ2n) is 5.74. The molecule has 0 saturated heterocycles. The Kier molecular flexibility index (Phi) is 7.36. The lowest BCUT2D eigenvalue weighted by molar-refractivity contribution is 0.185. The number of aryl methyl sites for hydroxylation is 1. The summed E-state index contributed by atoms with van der Waals surface area (Å²) in [4.78, 5) is -0.0666. The van der Waals surface area contributed by atoms with Gasteiger partial charge in [0, 0.05) is 12.4 Å². The quantitative estimate of drug-likeness (QED) is 0.660. The molecule has 0 bridgehead atoms. The number of hydrogen-bond acceptors (Lipinski definition) is 4. The molecule has 1 N–H and O–H groups in total. The van der Waals surface area contributed by atoms with Crippen LogP contribution in [0.2, 0.25) is 0 Å². The summed E-state index contributed by atoms with van der Waals surface area (Å²) in [5.41, 5.74) is 2.03. The van der Waals surface area contributed by atoms with Crippen molar-refractivity contribution in [2.75, 3.05) is 20.4 Å². The molecule has 7 heteroatoms. The average molecular weight is 370 g/mol. The lowest BCUT2D eigenvalue weighted by atomic mass is 10.2. The normalized spacial score (nSPS) is 11.5. The standard InChI is InChI=1S/C10H15O2P.C7H8O3S/c1-12-8-9-5-4-6-10(7-9)13(2,3)11;1-6-2-4-7(5-3-6)11(8,9)10/h4-7H,8H2,1-3H3;2-5H,1H3,(H,8,9,10). The SMILES string of the molecule is COCc1cccc(P(C)(C)=O)c1.Cc1ccc(S(=O)(=O)O)cc1. The van der Waals surface area contributed by atoms with Crippen LogP contribution >= 0.6 is 7.14 Å². The molecule has 2 aromatic carbocycles. The molecule has 0 aliphatic carbocycles. The molecule has 24 heavy (non-hydrogen) atoms. The highest BCUT2D eigenvalue weighted by atomic mass is 32.2. The number of hydrogen-bond donors (Lipinski definition) is 1. The van der Waals surface area contributed by atoms with Crippen LogP contribution in [0.25, 0.3) is 0 Å². The van der Waals surface area contributed by atoms with Gasteiger partial charge in [0.1, 0.15) is 7.14 Å². The Labute approximate surface area is 143 Å². The zero-order valence-corrected chi connectivity index (χ0v) is 16.0. The maximum absolute atomic E-state index is 11.7. The summed E-state index contributed by atoms with van der Waals surface area (Å²) in [6, 6.07) is 13.7. The van der Waals surface area contributed by atoms with Gasteiger partial charge in [-0.05, 0) is 44.0 Å². The Hall–Kier alpha value is -1.46. The molecule has 2 rings (SSSR count). The van der Waals surface area contributed by atoms with E-state index in [0.717, 1.165) is 16.4 Å². The molecule has 0 amide bonds. The van der Waals surface area contributed by atoms with E-state index in [1.807, 2.05) is 31.2 Å². The van der Waals surface area contributed by atoms with E-state index in [1.165, 1.54) is 12.1 Å².